The zero-order valence-electron chi connectivity index (χ0n) is 8.31. The molecule has 2 nitrogen and oxygen atoms in total. The third-order valence-corrected chi connectivity index (χ3v) is 3.25. The van der Waals surface area contributed by atoms with Crippen molar-refractivity contribution in [2.75, 3.05) is 5.32 Å². The van der Waals surface area contributed by atoms with E-state index in [1.54, 1.807) is 0 Å². The maximum Gasteiger partial charge on any atom is 0.417 e. The summed E-state index contributed by atoms with van der Waals surface area (Å²) in [6, 6.07) is 1.32. The molecule has 1 N–H and O–H groups in total. The van der Waals surface area contributed by atoms with Crippen molar-refractivity contribution < 1.29 is 13.2 Å². The molecule has 0 atom stereocenters. The number of nitrogens with zero attached hydrogens (tertiary/aromatic N) is 1. The van der Waals surface area contributed by atoms with Crippen LogP contribution in [0.1, 0.15) is 24.8 Å². The molecule has 1 saturated carbocycles. The molecule has 1 fully saturated rings. The van der Waals surface area contributed by atoms with Gasteiger partial charge in [-0.1, -0.05) is 0 Å². The number of rotatable bonds is 2. The van der Waals surface area contributed by atoms with Gasteiger partial charge in [0.25, 0.3) is 0 Å². The van der Waals surface area contributed by atoms with E-state index in [1.165, 1.54) is 6.20 Å². The van der Waals surface area contributed by atoms with Crippen LogP contribution in [0.5, 0.6) is 0 Å². The van der Waals surface area contributed by atoms with E-state index in [0.29, 0.717) is 5.82 Å². The first-order chi connectivity index (χ1) is 7.47. The van der Waals surface area contributed by atoms with Crippen LogP contribution >= 0.6 is 15.9 Å². The maximum atomic E-state index is 12.6. The molecule has 2 rings (SSSR count). The molecule has 0 unspecified atom stereocenters. The Morgan fingerprint density at radius 1 is 1.38 bits per heavy atom. The fraction of sp³-hybridized carbons (Fsp3) is 0.500. The summed E-state index contributed by atoms with van der Waals surface area (Å²) in [6.45, 7) is 0. The molecule has 0 radical (unpaired) electrons. The molecule has 0 aliphatic heterocycles. The molecule has 88 valence electrons. The van der Waals surface area contributed by atoms with Gasteiger partial charge in [0, 0.05) is 16.7 Å². The Labute approximate surface area is 99.4 Å². The highest BCUT2D eigenvalue weighted by molar-refractivity contribution is 9.10. The first-order valence-electron chi connectivity index (χ1n) is 4.96. The van der Waals surface area contributed by atoms with Gasteiger partial charge in [-0.05, 0) is 41.3 Å². The molecule has 0 bridgehead atoms. The highest BCUT2D eigenvalue weighted by atomic mass is 79.9. The van der Waals surface area contributed by atoms with E-state index in [9.17, 15) is 13.2 Å². The Balaban J connectivity index is 2.20. The number of alkyl halides is 3. The average Bonchev–Trinajstić information content (AvgIpc) is 2.12. The first kappa shape index (κ1) is 11.7. The van der Waals surface area contributed by atoms with E-state index in [4.69, 9.17) is 0 Å². The smallest absolute Gasteiger partial charge is 0.367 e. The number of pyridine rings is 1. The van der Waals surface area contributed by atoms with Gasteiger partial charge in [0.2, 0.25) is 0 Å². The van der Waals surface area contributed by atoms with Gasteiger partial charge in [0.1, 0.15) is 5.82 Å². The van der Waals surface area contributed by atoms with Gasteiger partial charge in [0.15, 0.2) is 0 Å². The Morgan fingerprint density at radius 2 is 2.06 bits per heavy atom. The molecule has 1 aromatic heterocycles. The quantitative estimate of drug-likeness (QED) is 0.897. The lowest BCUT2D eigenvalue weighted by atomic mass is 9.93. The SMILES string of the molecule is FC(F)(F)c1cc(NC2CCC2)ncc1Br. The second-order valence-electron chi connectivity index (χ2n) is 3.82. The number of halogens is 4. The minimum atomic E-state index is -4.35. The highest BCUT2D eigenvalue weighted by Gasteiger charge is 2.33. The average molecular weight is 295 g/mol. The molecule has 0 aromatic carbocycles. The van der Waals surface area contributed by atoms with Gasteiger partial charge in [-0.3, -0.25) is 0 Å². The zero-order valence-corrected chi connectivity index (χ0v) is 9.90. The van der Waals surface area contributed by atoms with Crippen molar-refractivity contribution in [2.45, 2.75) is 31.5 Å². The predicted molar refractivity (Wildman–Crippen MR) is 58.2 cm³/mol. The standard InChI is InChI=1S/C10H10BrF3N2/c11-8-5-15-9(16-6-2-1-3-6)4-7(8)10(12,13)14/h4-6H,1-3H2,(H,15,16). The van der Waals surface area contributed by atoms with Gasteiger partial charge in [-0.25, -0.2) is 4.98 Å². The summed E-state index contributed by atoms with van der Waals surface area (Å²) >= 11 is 2.85. The van der Waals surface area contributed by atoms with E-state index >= 15 is 0 Å². The Hall–Kier alpha value is -0.780. The molecule has 1 aromatic rings. The van der Waals surface area contributed by atoms with E-state index in [1.807, 2.05) is 0 Å². The van der Waals surface area contributed by atoms with Crippen LogP contribution in [0, 0.1) is 0 Å². The summed E-state index contributed by atoms with van der Waals surface area (Å²) in [6.07, 6.45) is -0.0415. The van der Waals surface area contributed by atoms with Gasteiger partial charge >= 0.3 is 6.18 Å². The lowest BCUT2D eigenvalue weighted by Crippen LogP contribution is -2.27. The van der Waals surface area contributed by atoms with Crippen LogP contribution in [0.15, 0.2) is 16.7 Å². The highest BCUT2D eigenvalue weighted by Crippen LogP contribution is 2.36. The molecule has 6 heteroatoms. The van der Waals surface area contributed by atoms with E-state index in [2.05, 4.69) is 26.2 Å². The van der Waals surface area contributed by atoms with E-state index in [0.717, 1.165) is 25.3 Å². The van der Waals surface area contributed by atoms with E-state index in [-0.39, 0.29) is 10.5 Å². The second-order valence-corrected chi connectivity index (χ2v) is 4.67. The summed E-state index contributed by atoms with van der Waals surface area (Å²) in [7, 11) is 0. The van der Waals surface area contributed by atoms with Crippen molar-refractivity contribution in [3.8, 4) is 0 Å². The summed E-state index contributed by atoms with van der Waals surface area (Å²) in [5, 5.41) is 2.99. The summed E-state index contributed by atoms with van der Waals surface area (Å²) in [4.78, 5) is 3.92. The molecule has 1 heterocycles. The van der Waals surface area contributed by atoms with Gasteiger partial charge in [-0.2, -0.15) is 13.2 Å². The van der Waals surface area contributed by atoms with Gasteiger partial charge < -0.3 is 5.32 Å². The van der Waals surface area contributed by atoms with Crippen LogP contribution < -0.4 is 5.32 Å². The lowest BCUT2D eigenvalue weighted by Gasteiger charge is -2.27. The third-order valence-electron chi connectivity index (χ3n) is 2.62. The molecule has 16 heavy (non-hydrogen) atoms. The molecule has 0 saturated heterocycles. The fourth-order valence-electron chi connectivity index (χ4n) is 1.50. The van der Waals surface area contributed by atoms with E-state index < -0.39 is 11.7 Å². The van der Waals surface area contributed by atoms with Crippen molar-refractivity contribution in [3.63, 3.8) is 0 Å². The molecular formula is C10H10BrF3N2. The number of nitrogens with one attached hydrogen (secondary N) is 1. The van der Waals surface area contributed by atoms with Gasteiger partial charge in [-0.15, -0.1) is 0 Å². The lowest BCUT2D eigenvalue weighted by molar-refractivity contribution is -0.138. The molecule has 1 aliphatic carbocycles. The van der Waals surface area contributed by atoms with Crippen molar-refractivity contribution >= 4 is 21.7 Å². The second kappa shape index (κ2) is 4.24. The Bertz CT molecular complexity index is 388. The summed E-state index contributed by atoms with van der Waals surface area (Å²) in [5.74, 6) is 0.292. The van der Waals surface area contributed by atoms with Crippen LogP contribution in [-0.2, 0) is 6.18 Å². The third kappa shape index (κ3) is 2.48. The summed E-state index contributed by atoms with van der Waals surface area (Å²) in [5.41, 5.74) is -0.690. The largest absolute Gasteiger partial charge is 0.417 e. The van der Waals surface area contributed by atoms with Crippen molar-refractivity contribution in [1.82, 2.24) is 4.98 Å². The minimum absolute atomic E-state index is 0.0286. The van der Waals surface area contributed by atoms with Gasteiger partial charge in [0.05, 0.1) is 5.56 Å². The maximum absolute atomic E-state index is 12.6. The van der Waals surface area contributed by atoms with Crippen molar-refractivity contribution in [2.24, 2.45) is 0 Å². The minimum Gasteiger partial charge on any atom is -0.367 e. The predicted octanol–water partition coefficient (Wildman–Crippen LogP) is 3.83. The summed E-state index contributed by atoms with van der Waals surface area (Å²) < 4.78 is 37.7. The van der Waals surface area contributed by atoms with Crippen LogP contribution in [0.3, 0.4) is 0 Å². The molecule has 1 aliphatic rings. The van der Waals surface area contributed by atoms with Crippen molar-refractivity contribution in [3.05, 3.63) is 22.3 Å². The topological polar surface area (TPSA) is 24.9 Å². The number of aromatic nitrogens is 1. The Kier molecular flexibility index (Phi) is 3.10. The zero-order chi connectivity index (χ0) is 11.8. The number of hydrogen-bond acceptors (Lipinski definition) is 2. The normalized spacial score (nSPS) is 17.0. The Morgan fingerprint density at radius 3 is 2.56 bits per heavy atom. The fourth-order valence-corrected chi connectivity index (χ4v) is 1.94. The molecule has 0 spiro atoms. The number of anilines is 1. The number of hydrogen-bond donors (Lipinski definition) is 1. The van der Waals surface area contributed by atoms with Crippen LogP contribution in [-0.4, -0.2) is 11.0 Å². The molecular weight excluding hydrogens is 285 g/mol. The van der Waals surface area contributed by atoms with Crippen LogP contribution in [0.4, 0.5) is 19.0 Å². The van der Waals surface area contributed by atoms with Crippen molar-refractivity contribution in [1.29, 1.82) is 0 Å². The van der Waals surface area contributed by atoms with Crippen LogP contribution in [0.2, 0.25) is 0 Å². The monoisotopic (exact) mass is 294 g/mol. The van der Waals surface area contributed by atoms with Crippen LogP contribution in [0.25, 0.3) is 0 Å². The first-order valence-corrected chi connectivity index (χ1v) is 5.75. The molecule has 0 amide bonds.